The van der Waals surface area contributed by atoms with Gasteiger partial charge in [-0.1, -0.05) is 25.3 Å². The van der Waals surface area contributed by atoms with Crippen molar-refractivity contribution in [1.82, 2.24) is 4.90 Å². The third kappa shape index (κ3) is 3.56. The van der Waals surface area contributed by atoms with Gasteiger partial charge in [-0.05, 0) is 37.8 Å². The van der Waals surface area contributed by atoms with E-state index in [0.717, 1.165) is 50.2 Å². The van der Waals surface area contributed by atoms with Crippen molar-refractivity contribution in [3.63, 3.8) is 0 Å². The van der Waals surface area contributed by atoms with Crippen LogP contribution >= 0.6 is 11.8 Å². The minimum atomic E-state index is -0.229. The van der Waals surface area contributed by atoms with Gasteiger partial charge in [0.15, 0.2) is 0 Å². The first-order valence-electron chi connectivity index (χ1n) is 10.0. The van der Waals surface area contributed by atoms with Crippen LogP contribution in [0.2, 0.25) is 0 Å². The summed E-state index contributed by atoms with van der Waals surface area (Å²) in [6, 6.07) is 7.74. The van der Waals surface area contributed by atoms with Gasteiger partial charge in [0, 0.05) is 30.8 Å². The predicted octanol–water partition coefficient (Wildman–Crippen LogP) is 3.67. The number of likely N-dealkylation sites (tertiary alicyclic amines) is 1. The highest BCUT2D eigenvalue weighted by molar-refractivity contribution is 8.02. The van der Waals surface area contributed by atoms with Gasteiger partial charge in [0.1, 0.15) is 5.75 Å². The minimum Gasteiger partial charge on any atom is -0.497 e. The molecule has 1 saturated carbocycles. The Morgan fingerprint density at radius 2 is 1.93 bits per heavy atom. The van der Waals surface area contributed by atoms with E-state index in [0.29, 0.717) is 11.7 Å². The second-order valence-corrected chi connectivity index (χ2v) is 9.16. The number of thioether (sulfide) groups is 1. The van der Waals surface area contributed by atoms with Crippen LogP contribution in [0.5, 0.6) is 5.75 Å². The summed E-state index contributed by atoms with van der Waals surface area (Å²) in [5.74, 6) is 1.98. The molecule has 2 heterocycles. The zero-order chi connectivity index (χ0) is 18.9. The van der Waals surface area contributed by atoms with Gasteiger partial charge in [-0.25, -0.2) is 0 Å². The predicted molar refractivity (Wildman–Crippen MR) is 108 cm³/mol. The van der Waals surface area contributed by atoms with Crippen LogP contribution in [0.25, 0.3) is 0 Å². The molecule has 5 nitrogen and oxygen atoms in total. The van der Waals surface area contributed by atoms with Crippen LogP contribution in [0, 0.1) is 5.92 Å². The van der Waals surface area contributed by atoms with E-state index in [-0.39, 0.29) is 16.7 Å². The van der Waals surface area contributed by atoms with Crippen molar-refractivity contribution in [2.45, 2.75) is 49.8 Å². The molecule has 0 bridgehead atoms. The quantitative estimate of drug-likeness (QED) is 0.793. The number of carbonyl (C=O) groups excluding carboxylic acids is 2. The summed E-state index contributed by atoms with van der Waals surface area (Å²) in [4.78, 5) is 29.4. The molecule has 6 heteroatoms. The lowest BCUT2D eigenvalue weighted by atomic mass is 9.87. The van der Waals surface area contributed by atoms with Crippen molar-refractivity contribution >= 4 is 29.3 Å². The number of anilines is 1. The van der Waals surface area contributed by atoms with Crippen molar-refractivity contribution < 1.29 is 14.3 Å². The Hall–Kier alpha value is -1.69. The summed E-state index contributed by atoms with van der Waals surface area (Å²) < 4.78 is 5.34. The number of carbonyl (C=O) groups is 2. The lowest BCUT2D eigenvalue weighted by molar-refractivity contribution is -0.137. The lowest BCUT2D eigenvalue weighted by Crippen LogP contribution is -2.54. The number of hydrogen-bond donors (Lipinski definition) is 0. The molecule has 2 saturated heterocycles. The third-order valence-electron chi connectivity index (χ3n) is 6.24. The molecular weight excluding hydrogens is 360 g/mol. The van der Waals surface area contributed by atoms with E-state index in [2.05, 4.69) is 0 Å². The van der Waals surface area contributed by atoms with Gasteiger partial charge in [0.05, 0.1) is 17.7 Å². The SMILES string of the molecule is COc1cccc(N2C(=O)CSC23CCN(C(=O)C2CCCCC2)CC3)c1. The molecule has 4 rings (SSSR count). The van der Waals surface area contributed by atoms with Crippen LogP contribution in [-0.4, -0.2) is 47.5 Å². The van der Waals surface area contributed by atoms with Gasteiger partial charge in [-0.3, -0.25) is 14.5 Å². The minimum absolute atomic E-state index is 0.153. The number of ether oxygens (including phenoxy) is 1. The van der Waals surface area contributed by atoms with E-state index in [1.54, 1.807) is 18.9 Å². The first-order chi connectivity index (χ1) is 13.1. The summed E-state index contributed by atoms with van der Waals surface area (Å²) >= 11 is 1.74. The molecule has 3 fully saturated rings. The summed E-state index contributed by atoms with van der Waals surface area (Å²) in [5.41, 5.74) is 0.899. The number of piperidine rings is 1. The first-order valence-corrected chi connectivity index (χ1v) is 11.0. The number of methoxy groups -OCH3 is 1. The van der Waals surface area contributed by atoms with Crippen molar-refractivity contribution in [3.05, 3.63) is 24.3 Å². The molecule has 1 aliphatic carbocycles. The molecule has 27 heavy (non-hydrogen) atoms. The maximum absolute atomic E-state index is 12.9. The smallest absolute Gasteiger partial charge is 0.238 e. The van der Waals surface area contributed by atoms with E-state index < -0.39 is 0 Å². The molecular formula is C21H28N2O3S. The fraction of sp³-hybridized carbons (Fsp3) is 0.619. The number of hydrogen-bond acceptors (Lipinski definition) is 4. The number of benzene rings is 1. The molecule has 0 radical (unpaired) electrons. The van der Waals surface area contributed by atoms with E-state index in [1.165, 1.54) is 19.3 Å². The average Bonchev–Trinajstić information content (AvgIpc) is 3.04. The fourth-order valence-corrected chi connectivity index (χ4v) is 6.06. The van der Waals surface area contributed by atoms with Crippen molar-refractivity contribution in [1.29, 1.82) is 0 Å². The third-order valence-corrected chi connectivity index (χ3v) is 7.76. The van der Waals surface area contributed by atoms with E-state index in [4.69, 9.17) is 4.74 Å². The van der Waals surface area contributed by atoms with E-state index in [9.17, 15) is 9.59 Å². The van der Waals surface area contributed by atoms with Crippen LogP contribution in [0.15, 0.2) is 24.3 Å². The average molecular weight is 389 g/mol. The Morgan fingerprint density at radius 1 is 1.19 bits per heavy atom. The molecule has 1 aromatic rings. The molecule has 2 amide bonds. The molecule has 2 aliphatic heterocycles. The molecule has 0 aromatic heterocycles. The van der Waals surface area contributed by atoms with Crippen molar-refractivity contribution in [2.75, 3.05) is 30.9 Å². The summed E-state index contributed by atoms with van der Waals surface area (Å²) in [6.07, 6.45) is 7.39. The Balaban J connectivity index is 1.48. The fourth-order valence-electron chi connectivity index (χ4n) is 4.73. The van der Waals surface area contributed by atoms with E-state index >= 15 is 0 Å². The Labute approximate surface area is 165 Å². The van der Waals surface area contributed by atoms with Gasteiger partial charge >= 0.3 is 0 Å². The topological polar surface area (TPSA) is 49.9 Å². The van der Waals surface area contributed by atoms with Gasteiger partial charge in [-0.15, -0.1) is 11.8 Å². The molecule has 1 aromatic carbocycles. The molecule has 0 N–H and O–H groups in total. The number of rotatable bonds is 3. The van der Waals surface area contributed by atoms with Crippen molar-refractivity contribution in [2.24, 2.45) is 5.92 Å². The maximum Gasteiger partial charge on any atom is 0.238 e. The second kappa shape index (κ2) is 7.74. The van der Waals surface area contributed by atoms with Gasteiger partial charge in [0.2, 0.25) is 11.8 Å². The largest absolute Gasteiger partial charge is 0.497 e. The van der Waals surface area contributed by atoms with Crippen molar-refractivity contribution in [3.8, 4) is 5.75 Å². The summed E-state index contributed by atoms with van der Waals surface area (Å²) in [7, 11) is 1.64. The standard InChI is InChI=1S/C21H28N2O3S/c1-26-18-9-5-8-17(14-18)23-19(24)15-27-21(23)10-12-22(13-11-21)20(25)16-6-3-2-4-7-16/h5,8-9,14,16H,2-4,6-7,10-13,15H2,1H3. The molecule has 0 atom stereocenters. The Bertz CT molecular complexity index is 709. The van der Waals surface area contributed by atoms with Gasteiger partial charge < -0.3 is 9.64 Å². The summed E-state index contributed by atoms with van der Waals surface area (Å²) in [5, 5.41) is 0. The van der Waals surface area contributed by atoms with Gasteiger partial charge in [0.25, 0.3) is 0 Å². The summed E-state index contributed by atoms with van der Waals surface area (Å²) in [6.45, 7) is 1.49. The van der Waals surface area contributed by atoms with Crippen LogP contribution in [0.4, 0.5) is 5.69 Å². The highest BCUT2D eigenvalue weighted by atomic mass is 32.2. The van der Waals surface area contributed by atoms with Crippen LogP contribution in [-0.2, 0) is 9.59 Å². The first kappa shape index (κ1) is 18.7. The number of amides is 2. The Kier molecular flexibility index (Phi) is 5.35. The van der Waals surface area contributed by atoms with E-state index in [1.807, 2.05) is 34.1 Å². The lowest BCUT2D eigenvalue weighted by Gasteiger charge is -2.44. The van der Waals surface area contributed by atoms with Crippen LogP contribution in [0.3, 0.4) is 0 Å². The maximum atomic E-state index is 12.9. The molecule has 0 unspecified atom stereocenters. The van der Waals surface area contributed by atoms with Crippen LogP contribution < -0.4 is 9.64 Å². The highest BCUT2D eigenvalue weighted by Crippen LogP contribution is 2.47. The molecule has 3 aliphatic rings. The van der Waals surface area contributed by atoms with Crippen LogP contribution in [0.1, 0.15) is 44.9 Å². The molecule has 146 valence electrons. The Morgan fingerprint density at radius 3 is 2.63 bits per heavy atom. The highest BCUT2D eigenvalue weighted by Gasteiger charge is 2.49. The monoisotopic (exact) mass is 388 g/mol. The second-order valence-electron chi connectivity index (χ2n) is 7.83. The molecule has 1 spiro atoms. The zero-order valence-electron chi connectivity index (χ0n) is 16.0. The normalized spacial score (nSPS) is 23.1. The number of nitrogens with zero attached hydrogens (tertiary/aromatic N) is 2. The zero-order valence-corrected chi connectivity index (χ0v) is 16.8. The van der Waals surface area contributed by atoms with Gasteiger partial charge in [-0.2, -0.15) is 0 Å².